The maximum Gasteiger partial charge on any atom is 0.179 e. The number of nitrogens with zero attached hydrogens (tertiary/aromatic N) is 5. The molecule has 0 saturated heterocycles. The summed E-state index contributed by atoms with van der Waals surface area (Å²) >= 11 is 0. The first-order valence-electron chi connectivity index (χ1n) is 8.37. The van der Waals surface area contributed by atoms with Crippen molar-refractivity contribution in [3.63, 3.8) is 0 Å². The summed E-state index contributed by atoms with van der Waals surface area (Å²) in [7, 11) is 0. The zero-order valence-corrected chi connectivity index (χ0v) is 15.5. The van der Waals surface area contributed by atoms with Gasteiger partial charge < -0.3 is 5.11 Å². The first kappa shape index (κ1) is 17.1. The van der Waals surface area contributed by atoms with E-state index >= 15 is 0 Å². The number of aromatic nitrogens is 4. The van der Waals surface area contributed by atoms with Crippen molar-refractivity contribution in [2.75, 3.05) is 0 Å². The quantitative estimate of drug-likeness (QED) is 0.664. The molecule has 0 amide bonds. The number of rotatable bonds is 3. The van der Waals surface area contributed by atoms with Crippen molar-refractivity contribution in [2.24, 2.45) is 10.2 Å². The number of fused-ring (bicyclic) bond motifs is 1. The summed E-state index contributed by atoms with van der Waals surface area (Å²) in [4.78, 5) is 0. The summed E-state index contributed by atoms with van der Waals surface area (Å²) in [6.07, 6.45) is 0. The molecule has 3 aromatic rings. The van der Waals surface area contributed by atoms with Crippen LogP contribution in [0.4, 0.5) is 11.4 Å². The van der Waals surface area contributed by atoms with Gasteiger partial charge in [-0.1, -0.05) is 40.7 Å². The van der Waals surface area contributed by atoms with E-state index in [9.17, 15) is 5.11 Å². The average molecular weight is 340 g/mol. The lowest BCUT2D eigenvalue weighted by molar-refractivity contribution is 0.476. The molecule has 1 aromatic carbocycles. The maximum absolute atomic E-state index is 10.1. The molecule has 2 aromatic heterocycles. The Morgan fingerprint density at radius 2 is 1.92 bits per heavy atom. The molecule has 7 heteroatoms. The molecule has 132 valence electrons. The summed E-state index contributed by atoms with van der Waals surface area (Å²) in [6, 6.07) is 5.41. The summed E-state index contributed by atoms with van der Waals surface area (Å²) in [5.74, 6) is 1.21. The number of hydrogen-bond acceptors (Lipinski definition) is 5. The minimum absolute atomic E-state index is 0.106. The van der Waals surface area contributed by atoms with Crippen molar-refractivity contribution >= 4 is 17.0 Å². The second kappa shape index (κ2) is 5.98. The predicted octanol–water partition coefficient (Wildman–Crippen LogP) is 4.91. The van der Waals surface area contributed by atoms with Crippen molar-refractivity contribution in [1.29, 1.82) is 0 Å². The van der Waals surface area contributed by atoms with Crippen LogP contribution in [0.15, 0.2) is 28.4 Å². The number of aromatic hydroxyl groups is 1. The molecule has 0 aliphatic carbocycles. The van der Waals surface area contributed by atoms with Crippen LogP contribution in [0.2, 0.25) is 0 Å². The summed E-state index contributed by atoms with van der Waals surface area (Å²) in [5, 5.41) is 30.6. The van der Waals surface area contributed by atoms with E-state index in [2.05, 4.69) is 60.1 Å². The summed E-state index contributed by atoms with van der Waals surface area (Å²) in [5.41, 5.74) is 3.51. The molecule has 2 N–H and O–H groups in total. The fourth-order valence-electron chi connectivity index (χ4n) is 2.61. The van der Waals surface area contributed by atoms with Crippen LogP contribution in [0.25, 0.3) is 5.65 Å². The highest BCUT2D eigenvalue weighted by Gasteiger charge is 2.26. The Morgan fingerprint density at radius 3 is 2.56 bits per heavy atom. The fourth-order valence-corrected chi connectivity index (χ4v) is 2.61. The van der Waals surface area contributed by atoms with Gasteiger partial charge in [0.25, 0.3) is 0 Å². The van der Waals surface area contributed by atoms with Gasteiger partial charge in [0.05, 0.1) is 5.69 Å². The molecule has 0 spiro atoms. The molecule has 0 aliphatic heterocycles. The van der Waals surface area contributed by atoms with E-state index in [4.69, 9.17) is 0 Å². The third-order valence-electron chi connectivity index (χ3n) is 4.12. The van der Waals surface area contributed by atoms with E-state index in [1.807, 2.05) is 19.1 Å². The number of H-pyrrole nitrogens is 1. The number of aryl methyl sites for hydroxylation is 1. The zero-order chi connectivity index (χ0) is 18.4. The predicted molar refractivity (Wildman–Crippen MR) is 97.1 cm³/mol. The standard InChI is InChI=1S/C18H24N6O/c1-10(2)12-7-8-14(25)13(9-12)20-21-15-16(18(4,5)6)23-24-11(3)19-22-17(15)24/h7-10,22,25H,1-6H3. The number of aromatic amines is 1. The van der Waals surface area contributed by atoms with Crippen LogP contribution in [0, 0.1) is 6.92 Å². The van der Waals surface area contributed by atoms with Crippen LogP contribution in [0.5, 0.6) is 5.75 Å². The minimum atomic E-state index is -0.199. The van der Waals surface area contributed by atoms with Crippen molar-refractivity contribution in [3.8, 4) is 5.75 Å². The second-order valence-corrected chi connectivity index (χ2v) is 7.58. The van der Waals surface area contributed by atoms with E-state index in [1.54, 1.807) is 10.6 Å². The number of nitrogens with one attached hydrogen (secondary N) is 1. The van der Waals surface area contributed by atoms with Gasteiger partial charge in [0.1, 0.15) is 17.3 Å². The van der Waals surface area contributed by atoms with E-state index in [1.165, 1.54) is 0 Å². The Hall–Kier alpha value is -2.70. The second-order valence-electron chi connectivity index (χ2n) is 7.58. The molecule has 0 bridgehead atoms. The molecule has 3 rings (SSSR count). The van der Waals surface area contributed by atoms with Gasteiger partial charge in [-0.3, -0.25) is 5.10 Å². The number of benzene rings is 1. The summed E-state index contributed by atoms with van der Waals surface area (Å²) in [6.45, 7) is 12.3. The zero-order valence-electron chi connectivity index (χ0n) is 15.5. The van der Waals surface area contributed by atoms with E-state index in [0.717, 1.165) is 17.1 Å². The van der Waals surface area contributed by atoms with E-state index in [-0.39, 0.29) is 11.2 Å². The highest BCUT2D eigenvalue weighted by molar-refractivity contribution is 5.68. The Bertz CT molecular complexity index is 943. The van der Waals surface area contributed by atoms with Crippen molar-refractivity contribution in [1.82, 2.24) is 19.8 Å². The van der Waals surface area contributed by atoms with Gasteiger partial charge >= 0.3 is 0 Å². The minimum Gasteiger partial charge on any atom is -0.506 e. The SMILES string of the molecule is Cc1n[nH]c2c(N=Nc3cc(C(C)C)ccc3O)c(C(C)(C)C)nn12. The van der Waals surface area contributed by atoms with Gasteiger partial charge in [0.15, 0.2) is 11.3 Å². The lowest BCUT2D eigenvalue weighted by atomic mass is 9.91. The molecule has 0 radical (unpaired) electrons. The number of azo groups is 1. The Labute approximate surface area is 146 Å². The molecule has 7 nitrogen and oxygen atoms in total. The molecule has 2 heterocycles. The lowest BCUT2D eigenvalue weighted by Crippen LogP contribution is -2.12. The highest BCUT2D eigenvalue weighted by Crippen LogP contribution is 2.36. The van der Waals surface area contributed by atoms with Gasteiger partial charge in [0, 0.05) is 5.41 Å². The lowest BCUT2D eigenvalue weighted by Gasteiger charge is -2.15. The number of phenolic OH excluding ortho intramolecular Hbond substituents is 1. The van der Waals surface area contributed by atoms with Crippen molar-refractivity contribution in [3.05, 3.63) is 35.3 Å². The summed E-state index contributed by atoms with van der Waals surface area (Å²) < 4.78 is 1.74. The smallest absolute Gasteiger partial charge is 0.179 e. The van der Waals surface area contributed by atoms with Crippen LogP contribution in [0.1, 0.15) is 57.6 Å². The number of hydrogen-bond donors (Lipinski definition) is 2. The molecule has 0 fully saturated rings. The van der Waals surface area contributed by atoms with E-state index in [0.29, 0.717) is 22.9 Å². The van der Waals surface area contributed by atoms with E-state index < -0.39 is 0 Å². The first-order valence-corrected chi connectivity index (χ1v) is 8.37. The molecule has 25 heavy (non-hydrogen) atoms. The Balaban J connectivity index is 2.11. The molecular weight excluding hydrogens is 316 g/mol. The molecule has 0 unspecified atom stereocenters. The number of phenols is 1. The highest BCUT2D eigenvalue weighted by atomic mass is 16.3. The van der Waals surface area contributed by atoms with Crippen LogP contribution in [0.3, 0.4) is 0 Å². The monoisotopic (exact) mass is 340 g/mol. The molecule has 0 atom stereocenters. The molecule has 0 saturated carbocycles. The Kier molecular flexibility index (Phi) is 4.10. The van der Waals surface area contributed by atoms with Gasteiger partial charge in [-0.25, -0.2) is 0 Å². The molecule has 0 aliphatic rings. The van der Waals surface area contributed by atoms with Gasteiger partial charge in [-0.15, -0.1) is 10.2 Å². The van der Waals surface area contributed by atoms with Gasteiger partial charge in [-0.2, -0.15) is 14.7 Å². The van der Waals surface area contributed by atoms with Crippen molar-refractivity contribution < 1.29 is 5.11 Å². The third-order valence-corrected chi connectivity index (χ3v) is 4.12. The van der Waals surface area contributed by atoms with Crippen LogP contribution in [-0.4, -0.2) is 24.9 Å². The Morgan fingerprint density at radius 1 is 1.20 bits per heavy atom. The van der Waals surface area contributed by atoms with Crippen LogP contribution in [-0.2, 0) is 5.41 Å². The van der Waals surface area contributed by atoms with Gasteiger partial charge in [0.2, 0.25) is 0 Å². The fraction of sp³-hybridized carbons (Fsp3) is 0.444. The topological polar surface area (TPSA) is 90.9 Å². The average Bonchev–Trinajstić information content (AvgIpc) is 3.06. The third kappa shape index (κ3) is 3.14. The van der Waals surface area contributed by atoms with Gasteiger partial charge in [-0.05, 0) is 30.5 Å². The van der Waals surface area contributed by atoms with Crippen LogP contribution >= 0.6 is 0 Å². The largest absolute Gasteiger partial charge is 0.506 e. The maximum atomic E-state index is 10.1. The first-order chi connectivity index (χ1) is 11.7. The molecular formula is C18H24N6O. The van der Waals surface area contributed by atoms with Crippen molar-refractivity contribution in [2.45, 2.75) is 52.9 Å². The van der Waals surface area contributed by atoms with Crippen LogP contribution < -0.4 is 0 Å². The normalized spacial score (nSPS) is 12.8.